The number of hydrogen-bond acceptors (Lipinski definition) is 3. The molecule has 13 heavy (non-hydrogen) atoms. The van der Waals surface area contributed by atoms with E-state index in [1.807, 2.05) is 6.92 Å². The van der Waals surface area contributed by atoms with E-state index in [1.165, 1.54) is 11.8 Å². The smallest absolute Gasteiger partial charge is 0.313 e. The fourth-order valence-corrected chi connectivity index (χ4v) is 1.50. The van der Waals surface area contributed by atoms with Gasteiger partial charge in [0.15, 0.2) is 5.96 Å². The highest BCUT2D eigenvalue weighted by Crippen LogP contribution is 2.06. The summed E-state index contributed by atoms with van der Waals surface area (Å²) in [4.78, 5) is 10.2. The summed E-state index contributed by atoms with van der Waals surface area (Å²) in [5, 5.41) is 17.9. The Bertz CT molecular complexity index is 187. The van der Waals surface area contributed by atoms with Gasteiger partial charge in [-0.2, -0.15) is 0 Å². The van der Waals surface area contributed by atoms with E-state index in [1.54, 1.807) is 0 Å². The van der Waals surface area contributed by atoms with E-state index in [-0.39, 0.29) is 11.7 Å². The van der Waals surface area contributed by atoms with E-state index in [4.69, 9.17) is 16.2 Å². The average Bonchev–Trinajstić information content (AvgIpc) is 2.00. The molecule has 1 atom stereocenters. The summed E-state index contributed by atoms with van der Waals surface area (Å²) >= 11 is 1.37. The summed E-state index contributed by atoms with van der Waals surface area (Å²) in [6.07, 6.45) is 0. The van der Waals surface area contributed by atoms with Crippen molar-refractivity contribution in [3.8, 4) is 0 Å². The van der Waals surface area contributed by atoms with Crippen molar-refractivity contribution >= 4 is 23.7 Å². The lowest BCUT2D eigenvalue weighted by atomic mass is 10.2. The third-order valence-electron chi connectivity index (χ3n) is 1.27. The number of thioether (sulfide) groups is 1. The molecule has 0 aliphatic carbocycles. The second kappa shape index (κ2) is 6.59. The van der Waals surface area contributed by atoms with Crippen molar-refractivity contribution in [2.24, 2.45) is 11.7 Å². The minimum Gasteiger partial charge on any atom is -0.481 e. The first-order valence-electron chi connectivity index (χ1n) is 3.89. The largest absolute Gasteiger partial charge is 0.481 e. The third-order valence-corrected chi connectivity index (χ3v) is 2.52. The lowest BCUT2D eigenvalue weighted by Crippen LogP contribution is -2.34. The van der Waals surface area contributed by atoms with Crippen LogP contribution in [0.5, 0.6) is 0 Å². The molecule has 0 amide bonds. The van der Waals surface area contributed by atoms with Crippen molar-refractivity contribution < 1.29 is 9.90 Å². The molecular formula is C7H15N3O2S. The number of aliphatic carboxylic acids is 1. The number of guanidine groups is 1. The van der Waals surface area contributed by atoms with Crippen molar-refractivity contribution in [1.82, 2.24) is 5.32 Å². The highest BCUT2D eigenvalue weighted by Gasteiger charge is 2.04. The molecular weight excluding hydrogens is 190 g/mol. The van der Waals surface area contributed by atoms with Gasteiger partial charge in [-0.25, -0.2) is 0 Å². The summed E-state index contributed by atoms with van der Waals surface area (Å²) in [6, 6.07) is 0. The van der Waals surface area contributed by atoms with Gasteiger partial charge in [0.1, 0.15) is 0 Å². The first-order valence-corrected chi connectivity index (χ1v) is 5.05. The first kappa shape index (κ1) is 12.1. The molecule has 0 bridgehead atoms. The average molecular weight is 205 g/mol. The van der Waals surface area contributed by atoms with Crippen molar-refractivity contribution in [3.63, 3.8) is 0 Å². The number of nitrogens with two attached hydrogens (primary N) is 1. The molecule has 0 rings (SSSR count). The normalized spacial score (nSPS) is 12.1. The van der Waals surface area contributed by atoms with Crippen LogP contribution in [0, 0.1) is 11.3 Å². The summed E-state index contributed by atoms with van der Waals surface area (Å²) in [5.74, 6) is 0.358. The zero-order valence-electron chi connectivity index (χ0n) is 7.54. The van der Waals surface area contributed by atoms with Crippen LogP contribution >= 0.6 is 11.8 Å². The fourth-order valence-electron chi connectivity index (χ4n) is 0.691. The Labute approximate surface area is 81.6 Å². The number of carboxylic acids is 1. The van der Waals surface area contributed by atoms with Crippen molar-refractivity contribution in [2.75, 3.05) is 18.1 Å². The standard InChI is InChI=1S/C7H15N3O2S/c1-5(2-10-7(8)9)3-13-4-6(11)12/h5H,2-4H2,1H3,(H,11,12)(H4,8,9,10). The monoisotopic (exact) mass is 205 g/mol. The molecule has 0 saturated carbocycles. The topological polar surface area (TPSA) is 99.2 Å². The van der Waals surface area contributed by atoms with Crippen LogP contribution in [0.4, 0.5) is 0 Å². The summed E-state index contributed by atoms with van der Waals surface area (Å²) < 4.78 is 0. The van der Waals surface area contributed by atoms with E-state index >= 15 is 0 Å². The van der Waals surface area contributed by atoms with E-state index in [9.17, 15) is 4.79 Å². The Morgan fingerprint density at radius 2 is 2.38 bits per heavy atom. The summed E-state index contributed by atoms with van der Waals surface area (Å²) in [5.41, 5.74) is 5.09. The van der Waals surface area contributed by atoms with Gasteiger partial charge in [-0.15, -0.1) is 11.8 Å². The van der Waals surface area contributed by atoms with Crippen LogP contribution in [-0.4, -0.2) is 35.1 Å². The Kier molecular flexibility index (Phi) is 6.13. The maximum Gasteiger partial charge on any atom is 0.313 e. The fraction of sp³-hybridized carbons (Fsp3) is 0.714. The van der Waals surface area contributed by atoms with Crippen molar-refractivity contribution in [2.45, 2.75) is 6.92 Å². The number of hydrogen-bond donors (Lipinski definition) is 4. The van der Waals surface area contributed by atoms with Crippen LogP contribution in [0.2, 0.25) is 0 Å². The van der Waals surface area contributed by atoms with Crippen molar-refractivity contribution in [1.29, 1.82) is 5.41 Å². The molecule has 0 heterocycles. The second-order valence-electron chi connectivity index (χ2n) is 2.81. The van der Waals surface area contributed by atoms with Gasteiger partial charge in [0.2, 0.25) is 0 Å². The highest BCUT2D eigenvalue weighted by molar-refractivity contribution is 7.99. The Morgan fingerprint density at radius 3 is 2.85 bits per heavy atom. The van der Waals surface area contributed by atoms with Gasteiger partial charge in [0, 0.05) is 6.54 Å². The highest BCUT2D eigenvalue weighted by atomic mass is 32.2. The Balaban J connectivity index is 3.35. The molecule has 5 nitrogen and oxygen atoms in total. The predicted octanol–water partition coefficient (Wildman–Crippen LogP) is -0.0766. The van der Waals surface area contributed by atoms with Gasteiger partial charge >= 0.3 is 5.97 Å². The molecule has 0 aromatic rings. The van der Waals surface area contributed by atoms with E-state index < -0.39 is 5.97 Å². The van der Waals surface area contributed by atoms with Crippen LogP contribution in [-0.2, 0) is 4.79 Å². The number of nitrogens with one attached hydrogen (secondary N) is 2. The SMILES string of the molecule is CC(CNC(=N)N)CSCC(=O)O. The van der Waals surface area contributed by atoms with E-state index in [0.29, 0.717) is 12.5 Å². The molecule has 6 heteroatoms. The first-order chi connectivity index (χ1) is 6.02. The van der Waals surface area contributed by atoms with Crippen LogP contribution < -0.4 is 11.1 Å². The van der Waals surface area contributed by atoms with Crippen LogP contribution in [0.25, 0.3) is 0 Å². The molecule has 0 aliphatic rings. The minimum absolute atomic E-state index is 0.0462. The van der Waals surface area contributed by atoms with E-state index in [0.717, 1.165) is 5.75 Å². The Morgan fingerprint density at radius 1 is 1.77 bits per heavy atom. The molecule has 0 radical (unpaired) electrons. The molecule has 0 fully saturated rings. The van der Waals surface area contributed by atoms with Gasteiger partial charge in [0.05, 0.1) is 5.75 Å². The number of rotatable bonds is 6. The molecule has 0 spiro atoms. The molecule has 0 saturated heterocycles. The molecule has 5 N–H and O–H groups in total. The molecule has 0 aromatic carbocycles. The Hall–Kier alpha value is -0.910. The number of carbonyl (C=O) groups is 1. The third kappa shape index (κ3) is 9.00. The summed E-state index contributed by atoms with van der Waals surface area (Å²) in [6.45, 7) is 2.59. The van der Waals surface area contributed by atoms with Gasteiger partial charge in [-0.1, -0.05) is 6.92 Å². The zero-order chi connectivity index (χ0) is 10.3. The molecule has 0 aromatic heterocycles. The maximum absolute atomic E-state index is 10.2. The lowest BCUT2D eigenvalue weighted by molar-refractivity contribution is -0.133. The minimum atomic E-state index is -0.795. The molecule has 1 unspecified atom stereocenters. The van der Waals surface area contributed by atoms with E-state index in [2.05, 4.69) is 5.32 Å². The number of carboxylic acid groups (broad SMARTS) is 1. The van der Waals surface area contributed by atoms with Crippen LogP contribution in [0.15, 0.2) is 0 Å². The second-order valence-corrected chi connectivity index (χ2v) is 3.84. The predicted molar refractivity (Wildman–Crippen MR) is 54.0 cm³/mol. The van der Waals surface area contributed by atoms with Crippen LogP contribution in [0.3, 0.4) is 0 Å². The lowest BCUT2D eigenvalue weighted by Gasteiger charge is -2.10. The van der Waals surface area contributed by atoms with Gasteiger partial charge in [-0.3, -0.25) is 10.2 Å². The zero-order valence-corrected chi connectivity index (χ0v) is 8.36. The quantitative estimate of drug-likeness (QED) is 0.359. The maximum atomic E-state index is 10.2. The van der Waals surface area contributed by atoms with Gasteiger partial charge in [0.25, 0.3) is 0 Å². The van der Waals surface area contributed by atoms with Crippen LogP contribution in [0.1, 0.15) is 6.92 Å². The molecule has 76 valence electrons. The van der Waals surface area contributed by atoms with Gasteiger partial charge < -0.3 is 16.2 Å². The van der Waals surface area contributed by atoms with Gasteiger partial charge in [-0.05, 0) is 11.7 Å². The van der Waals surface area contributed by atoms with Crippen molar-refractivity contribution in [3.05, 3.63) is 0 Å². The molecule has 0 aliphatic heterocycles. The summed E-state index contributed by atoms with van der Waals surface area (Å²) in [7, 11) is 0.